The van der Waals surface area contributed by atoms with Gasteiger partial charge in [-0.25, -0.2) is 9.97 Å². The van der Waals surface area contributed by atoms with E-state index >= 15 is 0 Å². The molecule has 0 radical (unpaired) electrons. The molecule has 3 nitrogen and oxygen atoms in total. The minimum atomic E-state index is -1.65. The highest BCUT2D eigenvalue weighted by Crippen LogP contribution is 2.42. The summed E-state index contributed by atoms with van der Waals surface area (Å²) in [5.74, 6) is 0.692. The molecule has 0 bridgehead atoms. The van der Waals surface area contributed by atoms with Gasteiger partial charge in [-0.2, -0.15) is 0 Å². The molecule has 9 rings (SSSR count). The van der Waals surface area contributed by atoms with Crippen molar-refractivity contribution in [2.45, 2.75) is 0 Å². The quantitative estimate of drug-likeness (QED) is 0.167. The lowest BCUT2D eigenvalue weighted by Crippen LogP contribution is -2.03. The summed E-state index contributed by atoms with van der Waals surface area (Å²) in [7, 11) is -1.65. The Balaban J connectivity index is 1.06. The highest BCUT2D eigenvalue weighted by atomic mass is 31.1. The number of nitrogens with zero attached hydrogens (tertiary/aromatic N) is 2. The van der Waals surface area contributed by atoms with Gasteiger partial charge >= 0.3 is 7.80 Å². The Labute approximate surface area is 292 Å². The van der Waals surface area contributed by atoms with Gasteiger partial charge in [0.05, 0.1) is 11.4 Å². The van der Waals surface area contributed by atoms with Crippen LogP contribution in [0.4, 0.5) is 0 Å². The zero-order valence-corrected chi connectivity index (χ0v) is 28.0. The molecular weight excluding hydrogens is 627 g/mol. The fraction of sp³-hybridized carbons (Fsp3) is 0. The second kappa shape index (κ2) is 12.6. The second-order valence-electron chi connectivity index (χ2n) is 12.4. The molecule has 2 heterocycles. The van der Waals surface area contributed by atoms with Gasteiger partial charge in [-0.1, -0.05) is 150 Å². The van der Waals surface area contributed by atoms with Gasteiger partial charge in [0.15, 0.2) is 5.82 Å². The summed E-state index contributed by atoms with van der Waals surface area (Å²) in [6, 6.07) is 62.6. The van der Waals surface area contributed by atoms with Crippen LogP contribution in [-0.4, -0.2) is 9.97 Å². The molecule has 1 aliphatic rings. The molecule has 0 N–H and O–H groups in total. The standard InChI is InChI=1S/C46H30N2OP/c49-50-44-20-8-7-17-40(44)41-19-10-18-39(45(41)50)38-16-9-15-37(29-38)33-23-27-35(28-24-33)43-30-42(47-46(48-43)36-13-5-2-6-14-36)34-25-21-32(22-26-34)31-11-3-1-4-12-31/h1-30H/q+1. The predicted octanol–water partition coefficient (Wildman–Crippen LogP) is 11.2. The van der Waals surface area contributed by atoms with Crippen LogP contribution in [0.5, 0.6) is 0 Å². The molecule has 7 aromatic carbocycles. The van der Waals surface area contributed by atoms with E-state index in [1.807, 2.05) is 42.5 Å². The number of aromatic nitrogens is 2. The van der Waals surface area contributed by atoms with E-state index in [0.717, 1.165) is 72.1 Å². The van der Waals surface area contributed by atoms with Crippen molar-refractivity contribution in [1.29, 1.82) is 0 Å². The third kappa shape index (κ3) is 5.44. The lowest BCUT2D eigenvalue weighted by molar-refractivity contribution is 0.598. The number of hydrogen-bond donors (Lipinski definition) is 0. The van der Waals surface area contributed by atoms with Gasteiger partial charge in [0.1, 0.15) is 0 Å². The van der Waals surface area contributed by atoms with Crippen molar-refractivity contribution in [3.8, 4) is 78.4 Å². The maximum Gasteiger partial charge on any atom is 0.417 e. The number of rotatable bonds is 6. The summed E-state index contributed by atoms with van der Waals surface area (Å²) in [4.78, 5) is 10.1. The molecule has 234 valence electrons. The largest absolute Gasteiger partial charge is 0.417 e. The Hall–Kier alpha value is -6.28. The van der Waals surface area contributed by atoms with Gasteiger partial charge in [0.2, 0.25) is 10.6 Å². The van der Waals surface area contributed by atoms with Crippen LogP contribution in [-0.2, 0) is 4.57 Å². The molecule has 0 amide bonds. The number of hydrogen-bond acceptors (Lipinski definition) is 3. The van der Waals surface area contributed by atoms with Crippen LogP contribution in [0.3, 0.4) is 0 Å². The van der Waals surface area contributed by atoms with Crippen molar-refractivity contribution in [3.05, 3.63) is 182 Å². The summed E-state index contributed by atoms with van der Waals surface area (Å²) in [5, 5.41) is 1.85. The van der Waals surface area contributed by atoms with Crippen molar-refractivity contribution in [2.24, 2.45) is 0 Å². The van der Waals surface area contributed by atoms with Crippen LogP contribution in [0, 0.1) is 0 Å². The van der Waals surface area contributed by atoms with Gasteiger partial charge < -0.3 is 0 Å². The Bertz CT molecular complexity index is 2530. The van der Waals surface area contributed by atoms with E-state index in [0.29, 0.717) is 5.82 Å². The van der Waals surface area contributed by atoms with E-state index in [1.54, 1.807) is 0 Å². The van der Waals surface area contributed by atoms with Crippen LogP contribution >= 0.6 is 7.80 Å². The molecule has 0 saturated carbocycles. The molecule has 0 saturated heterocycles. The minimum Gasteiger partial charge on any atom is -0.228 e. The van der Waals surface area contributed by atoms with E-state index in [9.17, 15) is 4.57 Å². The zero-order chi connectivity index (χ0) is 33.4. The summed E-state index contributed by atoms with van der Waals surface area (Å²) in [6.45, 7) is 0. The normalized spacial score (nSPS) is 12.4. The third-order valence-electron chi connectivity index (χ3n) is 9.39. The molecule has 1 atom stereocenters. The lowest BCUT2D eigenvalue weighted by atomic mass is 9.95. The van der Waals surface area contributed by atoms with Gasteiger partial charge in [-0.3, -0.25) is 0 Å². The fourth-order valence-corrected chi connectivity index (χ4v) is 8.55. The Morgan fingerprint density at radius 3 is 1.48 bits per heavy atom. The zero-order valence-electron chi connectivity index (χ0n) is 27.1. The lowest BCUT2D eigenvalue weighted by Gasteiger charge is -2.11. The molecule has 4 heteroatoms. The van der Waals surface area contributed by atoms with Crippen LogP contribution in [0.15, 0.2) is 182 Å². The number of fused-ring (bicyclic) bond motifs is 3. The van der Waals surface area contributed by atoms with Crippen LogP contribution in [0.25, 0.3) is 78.4 Å². The summed E-state index contributed by atoms with van der Waals surface area (Å²) >= 11 is 0. The van der Waals surface area contributed by atoms with Gasteiger partial charge in [0, 0.05) is 33.4 Å². The molecule has 8 aromatic rings. The summed E-state index contributed by atoms with van der Waals surface area (Å²) in [5.41, 5.74) is 13.6. The van der Waals surface area contributed by atoms with E-state index in [1.165, 1.54) is 11.1 Å². The second-order valence-corrected chi connectivity index (χ2v) is 14.0. The molecule has 0 aliphatic carbocycles. The average Bonchev–Trinajstić information content (AvgIpc) is 3.50. The van der Waals surface area contributed by atoms with E-state index < -0.39 is 7.80 Å². The highest BCUT2D eigenvalue weighted by molar-refractivity contribution is 7.63. The van der Waals surface area contributed by atoms with Gasteiger partial charge in [0.25, 0.3) is 0 Å². The van der Waals surface area contributed by atoms with Crippen molar-refractivity contribution in [2.75, 3.05) is 0 Å². The Morgan fingerprint density at radius 2 is 0.800 bits per heavy atom. The Kier molecular flexibility index (Phi) is 7.54. The fourth-order valence-electron chi connectivity index (χ4n) is 6.83. The average molecular weight is 658 g/mol. The third-order valence-corrected chi connectivity index (χ3v) is 11.1. The smallest absolute Gasteiger partial charge is 0.228 e. The molecule has 1 unspecified atom stereocenters. The van der Waals surface area contributed by atoms with Crippen molar-refractivity contribution in [1.82, 2.24) is 9.97 Å². The van der Waals surface area contributed by atoms with Crippen LogP contribution in [0.2, 0.25) is 0 Å². The highest BCUT2D eigenvalue weighted by Gasteiger charge is 2.40. The monoisotopic (exact) mass is 657 g/mol. The summed E-state index contributed by atoms with van der Waals surface area (Å²) in [6.07, 6.45) is 0. The topological polar surface area (TPSA) is 42.9 Å². The maximum absolute atomic E-state index is 13.6. The molecule has 1 aliphatic heterocycles. The first-order valence-electron chi connectivity index (χ1n) is 16.7. The van der Waals surface area contributed by atoms with Crippen LogP contribution < -0.4 is 10.6 Å². The van der Waals surface area contributed by atoms with Crippen LogP contribution in [0.1, 0.15) is 0 Å². The molecular formula is C46H30N2OP+. The molecule has 0 fully saturated rings. The minimum absolute atomic E-state index is 0.692. The van der Waals surface area contributed by atoms with Crippen molar-refractivity contribution >= 4 is 18.4 Å². The SMILES string of the molecule is O=[P+]1c2ccccc2-c2cccc(-c3cccc(-c4ccc(-c5cc(-c6ccc(-c7ccccc7)cc6)nc(-c6ccccc6)n5)cc4)c3)c21. The maximum atomic E-state index is 13.6. The van der Waals surface area contributed by atoms with Gasteiger partial charge in [-0.15, -0.1) is 0 Å². The van der Waals surface area contributed by atoms with Crippen molar-refractivity contribution < 1.29 is 4.57 Å². The van der Waals surface area contributed by atoms with Gasteiger partial charge in [-0.05, 0) is 64.2 Å². The molecule has 50 heavy (non-hydrogen) atoms. The van der Waals surface area contributed by atoms with Crippen molar-refractivity contribution in [3.63, 3.8) is 0 Å². The first-order chi connectivity index (χ1) is 24.7. The predicted molar refractivity (Wildman–Crippen MR) is 207 cm³/mol. The first-order valence-corrected chi connectivity index (χ1v) is 18.0. The molecule has 0 spiro atoms. The van der Waals surface area contributed by atoms with E-state index in [-0.39, 0.29) is 0 Å². The van der Waals surface area contributed by atoms with E-state index in [2.05, 4.69) is 140 Å². The Morgan fingerprint density at radius 1 is 0.340 bits per heavy atom. The summed E-state index contributed by atoms with van der Waals surface area (Å²) < 4.78 is 13.6. The first kappa shape index (κ1) is 29.8. The number of benzene rings is 7. The molecule has 1 aromatic heterocycles. The van der Waals surface area contributed by atoms with E-state index in [4.69, 9.17) is 9.97 Å².